The Hall–Kier alpha value is -0.900. The van der Waals surface area contributed by atoms with E-state index in [1.54, 1.807) is 17.4 Å². The molecule has 1 N–H and O–H groups in total. The summed E-state index contributed by atoms with van der Waals surface area (Å²) in [6.07, 6.45) is 1.65. The maximum atomic E-state index is 13.8. The molecule has 0 saturated carbocycles. The second-order valence-electron chi connectivity index (χ2n) is 4.90. The van der Waals surface area contributed by atoms with E-state index in [0.29, 0.717) is 6.42 Å². The first-order chi connectivity index (χ1) is 9.63. The van der Waals surface area contributed by atoms with Crippen molar-refractivity contribution in [2.24, 2.45) is 0 Å². The van der Waals surface area contributed by atoms with Crippen LogP contribution in [0.2, 0.25) is 5.02 Å². The third-order valence-electron chi connectivity index (χ3n) is 3.26. The van der Waals surface area contributed by atoms with Crippen molar-refractivity contribution < 1.29 is 4.39 Å². The van der Waals surface area contributed by atoms with Crippen LogP contribution in [-0.2, 0) is 6.42 Å². The van der Waals surface area contributed by atoms with E-state index in [1.807, 2.05) is 19.1 Å². The van der Waals surface area contributed by atoms with Gasteiger partial charge in [0.05, 0.1) is 5.02 Å². The zero-order chi connectivity index (χ0) is 14.5. The lowest BCUT2D eigenvalue weighted by molar-refractivity contribution is 0.519. The fourth-order valence-corrected chi connectivity index (χ4v) is 3.55. The summed E-state index contributed by atoms with van der Waals surface area (Å²) >= 11 is 8.01. The van der Waals surface area contributed by atoms with Gasteiger partial charge >= 0.3 is 0 Å². The summed E-state index contributed by atoms with van der Waals surface area (Å²) in [4.78, 5) is 1.10. The Bertz CT molecular complexity index is 567. The molecule has 1 unspecified atom stereocenters. The Labute approximate surface area is 128 Å². The van der Waals surface area contributed by atoms with Crippen LogP contribution >= 0.6 is 22.9 Å². The summed E-state index contributed by atoms with van der Waals surface area (Å²) in [6.45, 7) is 5.02. The molecule has 0 aliphatic carbocycles. The molecule has 1 heterocycles. The van der Waals surface area contributed by atoms with Gasteiger partial charge in [0.2, 0.25) is 0 Å². The highest BCUT2D eigenvalue weighted by atomic mass is 35.5. The van der Waals surface area contributed by atoms with Crippen molar-refractivity contribution >= 4 is 22.9 Å². The zero-order valence-electron chi connectivity index (χ0n) is 11.7. The number of benzene rings is 1. The van der Waals surface area contributed by atoms with Crippen molar-refractivity contribution in [3.63, 3.8) is 0 Å². The highest BCUT2D eigenvalue weighted by Gasteiger charge is 2.19. The predicted octanol–water partition coefficient (Wildman–Crippen LogP) is 5.13. The van der Waals surface area contributed by atoms with E-state index >= 15 is 0 Å². The van der Waals surface area contributed by atoms with Gasteiger partial charge in [0, 0.05) is 10.9 Å². The molecule has 108 valence electrons. The molecular weight excluding hydrogens is 293 g/mol. The first kappa shape index (κ1) is 15.5. The maximum Gasteiger partial charge on any atom is 0.126 e. The molecule has 0 amide bonds. The van der Waals surface area contributed by atoms with Crippen LogP contribution in [0.15, 0.2) is 29.6 Å². The molecule has 1 aromatic carbocycles. The van der Waals surface area contributed by atoms with Gasteiger partial charge in [0.15, 0.2) is 0 Å². The minimum absolute atomic E-state index is 0.0676. The molecule has 2 aromatic rings. The van der Waals surface area contributed by atoms with Crippen LogP contribution in [0.1, 0.15) is 35.4 Å². The van der Waals surface area contributed by atoms with Gasteiger partial charge in [-0.25, -0.2) is 4.39 Å². The zero-order valence-corrected chi connectivity index (χ0v) is 13.3. The van der Waals surface area contributed by atoms with E-state index in [9.17, 15) is 4.39 Å². The van der Waals surface area contributed by atoms with Gasteiger partial charge in [0.1, 0.15) is 5.82 Å². The second-order valence-corrected chi connectivity index (χ2v) is 6.19. The van der Waals surface area contributed by atoms with Crippen LogP contribution in [0, 0.1) is 12.7 Å². The summed E-state index contributed by atoms with van der Waals surface area (Å²) in [5.74, 6) is -0.153. The molecular formula is C16H19ClFNS. The van der Waals surface area contributed by atoms with Gasteiger partial charge in [-0.2, -0.15) is 0 Å². The van der Waals surface area contributed by atoms with Gasteiger partial charge in [0.25, 0.3) is 0 Å². The van der Waals surface area contributed by atoms with Crippen LogP contribution < -0.4 is 5.32 Å². The number of thiophene rings is 1. The third kappa shape index (κ3) is 3.60. The van der Waals surface area contributed by atoms with Crippen LogP contribution in [0.5, 0.6) is 0 Å². The van der Waals surface area contributed by atoms with Gasteiger partial charge in [-0.15, -0.1) is 11.3 Å². The number of aryl methyl sites for hydroxylation is 1. The largest absolute Gasteiger partial charge is 0.309 e. The lowest BCUT2D eigenvalue weighted by atomic mass is 10.0. The SMILES string of the molecule is CCCNC(Cc1ccccc1F)c1scc(C)c1Cl. The summed E-state index contributed by atoms with van der Waals surface area (Å²) < 4.78 is 13.8. The topological polar surface area (TPSA) is 12.0 Å². The van der Waals surface area contributed by atoms with Crippen molar-refractivity contribution in [1.82, 2.24) is 5.32 Å². The van der Waals surface area contributed by atoms with Crippen molar-refractivity contribution in [1.29, 1.82) is 0 Å². The molecule has 20 heavy (non-hydrogen) atoms. The van der Waals surface area contributed by atoms with Gasteiger partial charge < -0.3 is 5.32 Å². The van der Waals surface area contributed by atoms with Crippen LogP contribution in [0.4, 0.5) is 4.39 Å². The summed E-state index contributed by atoms with van der Waals surface area (Å²) in [5, 5.41) is 6.34. The first-order valence-corrected chi connectivity index (χ1v) is 8.09. The first-order valence-electron chi connectivity index (χ1n) is 6.83. The molecule has 0 aliphatic heterocycles. The van der Waals surface area contributed by atoms with E-state index in [0.717, 1.165) is 34.0 Å². The molecule has 0 bridgehead atoms. The summed E-state index contributed by atoms with van der Waals surface area (Å²) in [5.41, 5.74) is 1.81. The normalized spacial score (nSPS) is 12.6. The van der Waals surface area contributed by atoms with Crippen molar-refractivity contribution in [2.45, 2.75) is 32.7 Å². The number of hydrogen-bond donors (Lipinski definition) is 1. The number of halogens is 2. The summed E-state index contributed by atoms with van der Waals surface area (Å²) in [7, 11) is 0. The number of nitrogens with one attached hydrogen (secondary N) is 1. The molecule has 0 fully saturated rings. The lowest BCUT2D eigenvalue weighted by Gasteiger charge is -2.18. The number of rotatable bonds is 6. The minimum Gasteiger partial charge on any atom is -0.309 e. The quantitative estimate of drug-likeness (QED) is 0.779. The Balaban J connectivity index is 2.24. The Morgan fingerprint density at radius 3 is 2.70 bits per heavy atom. The van der Waals surface area contributed by atoms with E-state index in [-0.39, 0.29) is 11.9 Å². The molecule has 0 spiro atoms. The highest BCUT2D eigenvalue weighted by Crippen LogP contribution is 2.34. The second kappa shape index (κ2) is 7.21. The average molecular weight is 312 g/mol. The van der Waals surface area contributed by atoms with E-state index in [1.165, 1.54) is 6.07 Å². The van der Waals surface area contributed by atoms with Gasteiger partial charge in [-0.1, -0.05) is 36.7 Å². The number of hydrogen-bond acceptors (Lipinski definition) is 2. The standard InChI is InChI=1S/C16H19ClFNS/c1-3-8-19-14(16-15(17)11(2)10-20-16)9-12-6-4-5-7-13(12)18/h4-7,10,14,19H,3,8-9H2,1-2H3. The molecule has 4 heteroatoms. The molecule has 2 rings (SSSR count). The smallest absolute Gasteiger partial charge is 0.126 e. The highest BCUT2D eigenvalue weighted by molar-refractivity contribution is 7.10. The van der Waals surface area contributed by atoms with Gasteiger partial charge in [-0.05, 0) is 48.9 Å². The van der Waals surface area contributed by atoms with E-state index < -0.39 is 0 Å². The average Bonchev–Trinajstić information content (AvgIpc) is 2.77. The van der Waals surface area contributed by atoms with Crippen molar-refractivity contribution in [2.75, 3.05) is 6.54 Å². The van der Waals surface area contributed by atoms with Crippen LogP contribution in [-0.4, -0.2) is 6.54 Å². The van der Waals surface area contributed by atoms with E-state index in [4.69, 9.17) is 11.6 Å². The molecule has 0 saturated heterocycles. The minimum atomic E-state index is -0.153. The lowest BCUT2D eigenvalue weighted by Crippen LogP contribution is -2.24. The molecule has 1 atom stereocenters. The summed E-state index contributed by atoms with van der Waals surface area (Å²) in [6, 6.07) is 7.00. The van der Waals surface area contributed by atoms with Crippen LogP contribution in [0.25, 0.3) is 0 Å². The molecule has 1 aromatic heterocycles. The fourth-order valence-electron chi connectivity index (χ4n) is 2.14. The molecule has 1 nitrogen and oxygen atoms in total. The molecule has 0 aliphatic rings. The Kier molecular flexibility index (Phi) is 5.58. The van der Waals surface area contributed by atoms with E-state index in [2.05, 4.69) is 17.6 Å². The van der Waals surface area contributed by atoms with Crippen molar-refractivity contribution in [3.8, 4) is 0 Å². The molecule has 0 radical (unpaired) electrons. The Morgan fingerprint density at radius 1 is 1.35 bits per heavy atom. The third-order valence-corrected chi connectivity index (χ3v) is 5.09. The van der Waals surface area contributed by atoms with Crippen LogP contribution in [0.3, 0.4) is 0 Å². The van der Waals surface area contributed by atoms with Gasteiger partial charge in [-0.3, -0.25) is 0 Å². The fraction of sp³-hybridized carbons (Fsp3) is 0.375. The van der Waals surface area contributed by atoms with Crippen molar-refractivity contribution in [3.05, 3.63) is 56.5 Å². The maximum absolute atomic E-state index is 13.8. The predicted molar refractivity (Wildman–Crippen MR) is 85.2 cm³/mol. The Morgan fingerprint density at radius 2 is 2.10 bits per heavy atom. The monoisotopic (exact) mass is 311 g/mol.